The Kier molecular flexibility index (Phi) is 13.3. The number of aliphatic hydroxyl groups is 1. The summed E-state index contributed by atoms with van der Waals surface area (Å²) in [5.74, 6) is 0.235. The van der Waals surface area contributed by atoms with E-state index in [9.17, 15) is 27.9 Å². The van der Waals surface area contributed by atoms with E-state index in [1.807, 2.05) is 25.8 Å². The Labute approximate surface area is 291 Å². The number of benzene rings is 2. The van der Waals surface area contributed by atoms with E-state index in [2.05, 4.69) is 15.8 Å². The van der Waals surface area contributed by atoms with Crippen LogP contribution in [-0.4, -0.2) is 83.6 Å². The molecule has 4 rings (SSSR count). The van der Waals surface area contributed by atoms with Gasteiger partial charge in [-0.1, -0.05) is 24.2 Å². The predicted molar refractivity (Wildman–Crippen MR) is 183 cm³/mol. The van der Waals surface area contributed by atoms with Crippen LogP contribution in [0, 0.1) is 19.8 Å². The summed E-state index contributed by atoms with van der Waals surface area (Å²) in [5, 5.41) is 19.6. The van der Waals surface area contributed by atoms with Crippen molar-refractivity contribution >= 4 is 23.3 Å². The first-order chi connectivity index (χ1) is 23.7. The minimum Gasteiger partial charge on any atom is -0.490 e. The number of ether oxygens (including phenoxy) is 2. The van der Waals surface area contributed by atoms with Gasteiger partial charge in [0, 0.05) is 37.8 Å². The number of alkyl halides is 3. The lowest BCUT2D eigenvalue weighted by molar-refractivity contribution is -0.137. The number of aryl methyl sites for hydroxylation is 2. The Hall–Kier alpha value is -4.14. The van der Waals surface area contributed by atoms with Gasteiger partial charge in [0.05, 0.1) is 36.0 Å². The highest BCUT2D eigenvalue weighted by atomic mass is 19.4. The molecule has 0 saturated carbocycles. The van der Waals surface area contributed by atoms with Gasteiger partial charge in [-0.05, 0) is 89.9 Å². The van der Waals surface area contributed by atoms with Crippen LogP contribution < -0.4 is 15.4 Å². The molecule has 0 saturated heterocycles. The molecule has 2 heterocycles. The van der Waals surface area contributed by atoms with Crippen molar-refractivity contribution in [1.82, 2.24) is 15.0 Å². The molecule has 50 heavy (non-hydrogen) atoms. The standard InChI is InChI=1S/C36H48F3N5O6/c1-22-18-44(23(2)21-45)34(46)30-17-29(40-35(47)41-33-25(4)42-50-26(33)5)14-15-31(30)49-24(3)9-7-8-16-48-32(22)20-43(6)19-27-10-12-28(13-11-27)36(37,38)39/h10-15,17,22-24,32,45H,7-9,16,18-21H2,1-6H3,(H2,40,41,47)/t22-,23+,24+,32+/m0/s1. The smallest absolute Gasteiger partial charge is 0.416 e. The van der Waals surface area contributed by atoms with Crippen LogP contribution in [0.1, 0.15) is 73.0 Å². The second-order valence-electron chi connectivity index (χ2n) is 13.2. The van der Waals surface area contributed by atoms with Gasteiger partial charge in [-0.15, -0.1) is 0 Å². The minimum absolute atomic E-state index is 0.198. The molecule has 0 fully saturated rings. The molecule has 274 valence electrons. The number of aromatic nitrogens is 1. The SMILES string of the molecule is Cc1noc(C)c1NC(=O)Nc1ccc2c(c1)C(=O)N([C@H](C)CO)C[C@H](C)[C@@H](CN(C)Cc1ccc(C(F)(F)F)cc1)OCCCC[C@@H](C)O2. The van der Waals surface area contributed by atoms with E-state index in [1.54, 1.807) is 43.9 Å². The summed E-state index contributed by atoms with van der Waals surface area (Å²) in [6, 6.07) is 8.90. The number of nitrogens with zero attached hydrogens (tertiary/aromatic N) is 3. The van der Waals surface area contributed by atoms with E-state index in [0.717, 1.165) is 30.5 Å². The molecule has 3 aromatic rings. The third-order valence-corrected chi connectivity index (χ3v) is 8.81. The van der Waals surface area contributed by atoms with Crippen molar-refractivity contribution in [3.63, 3.8) is 0 Å². The highest BCUT2D eigenvalue weighted by molar-refractivity contribution is 6.03. The lowest BCUT2D eigenvalue weighted by atomic mass is 10.0. The van der Waals surface area contributed by atoms with Crippen molar-refractivity contribution in [2.45, 2.75) is 84.9 Å². The molecule has 1 aliphatic rings. The maximum absolute atomic E-state index is 14.4. The minimum atomic E-state index is -4.40. The molecule has 14 heteroatoms. The number of carbonyl (C=O) groups is 2. The van der Waals surface area contributed by atoms with Gasteiger partial charge in [0.25, 0.3) is 5.91 Å². The number of amides is 3. The molecule has 11 nitrogen and oxygen atoms in total. The molecule has 1 aliphatic heterocycles. The van der Waals surface area contributed by atoms with Gasteiger partial charge in [-0.25, -0.2) is 4.79 Å². The molecule has 0 aliphatic carbocycles. The molecule has 1 aromatic heterocycles. The summed E-state index contributed by atoms with van der Waals surface area (Å²) >= 11 is 0. The number of halogens is 3. The summed E-state index contributed by atoms with van der Waals surface area (Å²) in [4.78, 5) is 30.8. The van der Waals surface area contributed by atoms with Crippen molar-refractivity contribution in [3.8, 4) is 5.75 Å². The quantitative estimate of drug-likeness (QED) is 0.232. The van der Waals surface area contributed by atoms with E-state index in [4.69, 9.17) is 14.0 Å². The zero-order valence-corrected chi connectivity index (χ0v) is 29.5. The molecule has 0 spiro atoms. The summed E-state index contributed by atoms with van der Waals surface area (Å²) < 4.78 is 57.0. The largest absolute Gasteiger partial charge is 0.490 e. The zero-order chi connectivity index (χ0) is 36.6. The number of nitrogens with one attached hydrogen (secondary N) is 2. The monoisotopic (exact) mass is 703 g/mol. The second-order valence-corrected chi connectivity index (χ2v) is 13.2. The number of likely N-dealkylation sites (N-methyl/N-ethyl adjacent to an activating group) is 1. The number of carbonyl (C=O) groups excluding carboxylic acids is 2. The highest BCUT2D eigenvalue weighted by Gasteiger charge is 2.32. The average Bonchev–Trinajstić information content (AvgIpc) is 3.37. The maximum atomic E-state index is 14.4. The molecule has 2 aromatic carbocycles. The number of hydrogen-bond donors (Lipinski definition) is 3. The lowest BCUT2D eigenvalue weighted by Crippen LogP contribution is -2.47. The number of urea groups is 1. The van der Waals surface area contributed by atoms with E-state index in [1.165, 1.54) is 12.1 Å². The zero-order valence-electron chi connectivity index (χ0n) is 29.5. The van der Waals surface area contributed by atoms with Crippen molar-refractivity contribution in [3.05, 3.63) is 70.6 Å². The Balaban J connectivity index is 1.57. The normalized spacial score (nSPS) is 20.1. The number of aliphatic hydroxyl groups excluding tert-OH is 1. The van der Waals surface area contributed by atoms with Crippen LogP contribution in [0.5, 0.6) is 5.75 Å². The summed E-state index contributed by atoms with van der Waals surface area (Å²) in [5.41, 5.74) is 1.60. The van der Waals surface area contributed by atoms with E-state index in [-0.39, 0.29) is 42.7 Å². The Morgan fingerprint density at radius 1 is 1.12 bits per heavy atom. The molecule has 3 N–H and O–H groups in total. The Bertz CT molecular complexity index is 1560. The van der Waals surface area contributed by atoms with Crippen molar-refractivity contribution in [1.29, 1.82) is 0 Å². The van der Waals surface area contributed by atoms with Gasteiger partial charge >= 0.3 is 12.2 Å². The van der Waals surface area contributed by atoms with Crippen molar-refractivity contribution < 1.29 is 41.9 Å². The van der Waals surface area contributed by atoms with Gasteiger partial charge < -0.3 is 34.6 Å². The number of hydrogen-bond acceptors (Lipinski definition) is 8. The van der Waals surface area contributed by atoms with Crippen LogP contribution in [0.2, 0.25) is 0 Å². The third kappa shape index (κ3) is 10.4. The summed E-state index contributed by atoms with van der Waals surface area (Å²) in [7, 11) is 1.88. The van der Waals surface area contributed by atoms with Gasteiger partial charge in [0.2, 0.25) is 0 Å². The van der Waals surface area contributed by atoms with Gasteiger partial charge in [-0.3, -0.25) is 9.69 Å². The number of anilines is 2. The predicted octanol–water partition coefficient (Wildman–Crippen LogP) is 6.88. The number of rotatable bonds is 8. The molecular weight excluding hydrogens is 655 g/mol. The fourth-order valence-corrected chi connectivity index (χ4v) is 5.88. The molecule has 0 radical (unpaired) electrons. The number of fused-ring (bicyclic) bond motifs is 1. The first-order valence-corrected chi connectivity index (χ1v) is 16.9. The van der Waals surface area contributed by atoms with Crippen molar-refractivity contribution in [2.24, 2.45) is 5.92 Å². The van der Waals surface area contributed by atoms with Gasteiger partial charge in [0.1, 0.15) is 17.1 Å². The molecule has 0 bridgehead atoms. The molecule has 3 amide bonds. The van der Waals surface area contributed by atoms with Crippen LogP contribution in [0.25, 0.3) is 0 Å². The topological polar surface area (TPSA) is 129 Å². The average molecular weight is 704 g/mol. The van der Waals surface area contributed by atoms with Crippen LogP contribution in [0.3, 0.4) is 0 Å². The Morgan fingerprint density at radius 2 is 1.84 bits per heavy atom. The van der Waals surface area contributed by atoms with Crippen LogP contribution >= 0.6 is 0 Å². The fourth-order valence-electron chi connectivity index (χ4n) is 5.88. The van der Waals surface area contributed by atoms with E-state index >= 15 is 0 Å². The molecule has 4 atom stereocenters. The van der Waals surface area contributed by atoms with Crippen LogP contribution in [0.4, 0.5) is 29.3 Å². The van der Waals surface area contributed by atoms with Crippen LogP contribution in [-0.2, 0) is 17.5 Å². The summed E-state index contributed by atoms with van der Waals surface area (Å²) in [6.45, 7) is 10.3. The van der Waals surface area contributed by atoms with E-state index < -0.39 is 23.8 Å². The molecule has 0 unspecified atom stereocenters. The maximum Gasteiger partial charge on any atom is 0.416 e. The van der Waals surface area contributed by atoms with Crippen molar-refractivity contribution in [2.75, 3.05) is 44.0 Å². The third-order valence-electron chi connectivity index (χ3n) is 8.81. The first-order valence-electron chi connectivity index (χ1n) is 16.9. The lowest BCUT2D eigenvalue weighted by Gasteiger charge is -2.36. The second kappa shape index (κ2) is 17.2. The molecular formula is C36H48F3N5O6. The summed E-state index contributed by atoms with van der Waals surface area (Å²) in [6.07, 6.45) is -2.63. The van der Waals surface area contributed by atoms with Gasteiger partial charge in [-0.2, -0.15) is 13.2 Å². The highest BCUT2D eigenvalue weighted by Crippen LogP contribution is 2.31. The van der Waals surface area contributed by atoms with E-state index in [0.29, 0.717) is 54.7 Å². The Morgan fingerprint density at radius 3 is 2.48 bits per heavy atom. The first kappa shape index (κ1) is 38.7. The van der Waals surface area contributed by atoms with Crippen LogP contribution in [0.15, 0.2) is 47.0 Å². The van der Waals surface area contributed by atoms with Gasteiger partial charge in [0.15, 0.2) is 5.76 Å². The fraction of sp³-hybridized carbons (Fsp3) is 0.528.